The lowest BCUT2D eigenvalue weighted by Gasteiger charge is -2.18. The van der Waals surface area contributed by atoms with E-state index in [0.717, 1.165) is 23.8 Å². The van der Waals surface area contributed by atoms with Gasteiger partial charge < -0.3 is 10.6 Å². The van der Waals surface area contributed by atoms with E-state index in [9.17, 15) is 0 Å². The molecule has 14 heavy (non-hydrogen) atoms. The number of hydrogen-bond donors (Lipinski definition) is 2. The maximum Gasteiger partial charge on any atom is 0.00698 e. The van der Waals surface area contributed by atoms with Gasteiger partial charge in [-0.25, -0.2) is 0 Å². The first-order chi connectivity index (χ1) is 6.75. The molecule has 82 valence electrons. The summed E-state index contributed by atoms with van der Waals surface area (Å²) in [6.07, 6.45) is 4.22. The average molecular weight is 196 g/mol. The van der Waals surface area contributed by atoms with Crippen LogP contribution in [-0.4, -0.2) is 25.7 Å². The van der Waals surface area contributed by atoms with E-state index in [1.165, 1.54) is 38.9 Å². The highest BCUT2D eigenvalue weighted by atomic mass is 15.0. The van der Waals surface area contributed by atoms with Crippen LogP contribution >= 0.6 is 0 Å². The van der Waals surface area contributed by atoms with Gasteiger partial charge in [-0.05, 0) is 56.7 Å². The number of nitrogens with one attached hydrogen (secondary N) is 2. The Kier molecular flexibility index (Phi) is 3.45. The minimum atomic E-state index is 0.817. The van der Waals surface area contributed by atoms with Crippen molar-refractivity contribution in [3.05, 3.63) is 0 Å². The summed E-state index contributed by atoms with van der Waals surface area (Å²) in [4.78, 5) is 0. The van der Waals surface area contributed by atoms with Gasteiger partial charge in [0, 0.05) is 6.04 Å². The smallest absolute Gasteiger partial charge is 0.00698 e. The Morgan fingerprint density at radius 3 is 2.64 bits per heavy atom. The van der Waals surface area contributed by atoms with E-state index in [1.54, 1.807) is 0 Å². The molecule has 2 heteroatoms. The second-order valence-electron chi connectivity index (χ2n) is 5.42. The minimum Gasteiger partial charge on any atom is -0.316 e. The van der Waals surface area contributed by atoms with E-state index in [4.69, 9.17) is 0 Å². The molecule has 1 aliphatic carbocycles. The Hall–Kier alpha value is -0.0800. The zero-order chi connectivity index (χ0) is 9.97. The van der Waals surface area contributed by atoms with Gasteiger partial charge in [0.25, 0.3) is 0 Å². The fourth-order valence-electron chi connectivity index (χ4n) is 2.85. The van der Waals surface area contributed by atoms with Crippen molar-refractivity contribution in [2.45, 2.75) is 39.2 Å². The second-order valence-corrected chi connectivity index (χ2v) is 5.42. The molecule has 0 aromatic heterocycles. The van der Waals surface area contributed by atoms with Gasteiger partial charge in [-0.3, -0.25) is 0 Å². The van der Waals surface area contributed by atoms with Gasteiger partial charge >= 0.3 is 0 Å². The zero-order valence-electron chi connectivity index (χ0n) is 9.55. The number of rotatable bonds is 3. The van der Waals surface area contributed by atoms with Crippen LogP contribution in [0.5, 0.6) is 0 Å². The monoisotopic (exact) mass is 196 g/mol. The van der Waals surface area contributed by atoms with E-state index in [0.29, 0.717) is 0 Å². The average Bonchev–Trinajstić information content (AvgIpc) is 2.72. The maximum absolute atomic E-state index is 3.74. The number of hydrogen-bond acceptors (Lipinski definition) is 2. The molecule has 4 unspecified atom stereocenters. The lowest BCUT2D eigenvalue weighted by molar-refractivity contribution is 0.385. The molecule has 2 fully saturated rings. The van der Waals surface area contributed by atoms with Crippen molar-refractivity contribution in [1.82, 2.24) is 10.6 Å². The van der Waals surface area contributed by atoms with E-state index < -0.39 is 0 Å². The van der Waals surface area contributed by atoms with Gasteiger partial charge in [0.05, 0.1) is 0 Å². The van der Waals surface area contributed by atoms with Crippen LogP contribution in [0.3, 0.4) is 0 Å². The Morgan fingerprint density at radius 1 is 1.21 bits per heavy atom. The molecule has 2 rings (SSSR count). The van der Waals surface area contributed by atoms with Crippen molar-refractivity contribution in [1.29, 1.82) is 0 Å². The van der Waals surface area contributed by atoms with E-state index >= 15 is 0 Å². The van der Waals surface area contributed by atoms with Gasteiger partial charge in [0.15, 0.2) is 0 Å². The lowest BCUT2D eigenvalue weighted by atomic mass is 9.98. The summed E-state index contributed by atoms with van der Waals surface area (Å²) in [6, 6.07) is 0.817. The van der Waals surface area contributed by atoms with Gasteiger partial charge in [0.2, 0.25) is 0 Å². The molecule has 2 N–H and O–H groups in total. The topological polar surface area (TPSA) is 24.1 Å². The highest BCUT2D eigenvalue weighted by Gasteiger charge is 2.25. The second kappa shape index (κ2) is 4.63. The standard InChI is InChI=1S/C12H24N2/c1-9-3-4-12(5-9)14-8-11-7-13-6-10(11)2/h9-14H,3-8H2,1-2H3. The SMILES string of the molecule is CC1CCC(NCC2CNCC2C)C1. The van der Waals surface area contributed by atoms with Crippen LogP contribution in [0.1, 0.15) is 33.1 Å². The van der Waals surface area contributed by atoms with E-state index in [2.05, 4.69) is 24.5 Å². The summed E-state index contributed by atoms with van der Waals surface area (Å²) in [5.74, 6) is 2.68. The fraction of sp³-hybridized carbons (Fsp3) is 1.00. The molecule has 1 saturated carbocycles. The highest BCUT2D eigenvalue weighted by molar-refractivity contribution is 4.83. The van der Waals surface area contributed by atoms with Crippen LogP contribution < -0.4 is 10.6 Å². The Balaban J connectivity index is 1.67. The van der Waals surface area contributed by atoms with Crippen LogP contribution in [-0.2, 0) is 0 Å². The normalized spacial score (nSPS) is 43.3. The molecule has 2 nitrogen and oxygen atoms in total. The summed E-state index contributed by atoms with van der Waals surface area (Å²) in [5.41, 5.74) is 0. The quantitative estimate of drug-likeness (QED) is 0.717. The third kappa shape index (κ3) is 2.48. The lowest BCUT2D eigenvalue weighted by Crippen LogP contribution is -2.33. The molecule has 0 amide bonds. The molecule has 1 aliphatic heterocycles. The molecule has 2 aliphatic rings. The van der Waals surface area contributed by atoms with Gasteiger partial charge in [-0.1, -0.05) is 13.8 Å². The summed E-state index contributed by atoms with van der Waals surface area (Å²) in [7, 11) is 0. The Bertz CT molecular complexity index is 181. The zero-order valence-corrected chi connectivity index (χ0v) is 9.55. The molecule has 0 bridgehead atoms. The van der Waals surface area contributed by atoms with Crippen molar-refractivity contribution >= 4 is 0 Å². The van der Waals surface area contributed by atoms with Crippen molar-refractivity contribution < 1.29 is 0 Å². The fourth-order valence-corrected chi connectivity index (χ4v) is 2.85. The molecule has 4 atom stereocenters. The Labute approximate surface area is 87.8 Å². The van der Waals surface area contributed by atoms with Gasteiger partial charge in [0.1, 0.15) is 0 Å². The van der Waals surface area contributed by atoms with Crippen molar-refractivity contribution in [3.63, 3.8) is 0 Å². The summed E-state index contributed by atoms with van der Waals surface area (Å²) in [5, 5.41) is 7.21. The molecule has 1 saturated heterocycles. The summed E-state index contributed by atoms with van der Waals surface area (Å²) in [6.45, 7) is 8.40. The first-order valence-corrected chi connectivity index (χ1v) is 6.20. The van der Waals surface area contributed by atoms with Gasteiger partial charge in [-0.15, -0.1) is 0 Å². The minimum absolute atomic E-state index is 0.817. The predicted octanol–water partition coefficient (Wildman–Crippen LogP) is 1.62. The van der Waals surface area contributed by atoms with Crippen LogP contribution in [0.25, 0.3) is 0 Å². The molecular weight excluding hydrogens is 172 g/mol. The molecule has 0 aromatic carbocycles. The maximum atomic E-state index is 3.74. The largest absolute Gasteiger partial charge is 0.316 e. The van der Waals surface area contributed by atoms with Crippen molar-refractivity contribution in [2.24, 2.45) is 17.8 Å². The predicted molar refractivity (Wildman–Crippen MR) is 60.3 cm³/mol. The first kappa shape index (κ1) is 10.4. The van der Waals surface area contributed by atoms with E-state index in [1.807, 2.05) is 0 Å². The van der Waals surface area contributed by atoms with Crippen LogP contribution in [0.15, 0.2) is 0 Å². The van der Waals surface area contributed by atoms with E-state index in [-0.39, 0.29) is 0 Å². The van der Waals surface area contributed by atoms with Gasteiger partial charge in [-0.2, -0.15) is 0 Å². The molecule has 0 aromatic rings. The van der Waals surface area contributed by atoms with Crippen LogP contribution in [0, 0.1) is 17.8 Å². The molecule has 0 spiro atoms. The highest BCUT2D eigenvalue weighted by Crippen LogP contribution is 2.25. The molecule has 0 radical (unpaired) electrons. The summed E-state index contributed by atoms with van der Waals surface area (Å²) < 4.78 is 0. The van der Waals surface area contributed by atoms with Crippen LogP contribution in [0.4, 0.5) is 0 Å². The third-order valence-electron chi connectivity index (χ3n) is 4.04. The van der Waals surface area contributed by atoms with Crippen molar-refractivity contribution in [2.75, 3.05) is 19.6 Å². The molecule has 1 heterocycles. The van der Waals surface area contributed by atoms with Crippen molar-refractivity contribution in [3.8, 4) is 0 Å². The Morgan fingerprint density at radius 2 is 2.07 bits per heavy atom. The van der Waals surface area contributed by atoms with Crippen LogP contribution in [0.2, 0.25) is 0 Å². The molecular formula is C12H24N2. The first-order valence-electron chi connectivity index (χ1n) is 6.20. The third-order valence-corrected chi connectivity index (χ3v) is 4.04. The summed E-state index contributed by atoms with van der Waals surface area (Å²) >= 11 is 0.